The van der Waals surface area contributed by atoms with E-state index < -0.39 is 0 Å². The van der Waals surface area contributed by atoms with Crippen LogP contribution in [0, 0.1) is 0 Å². The summed E-state index contributed by atoms with van der Waals surface area (Å²) >= 11 is 0. The van der Waals surface area contributed by atoms with E-state index >= 15 is 0 Å². The molecular weight excluding hydrogens is 316 g/mol. The van der Waals surface area contributed by atoms with Crippen molar-refractivity contribution in [3.8, 4) is 0 Å². The number of aryl methyl sites for hydroxylation is 1. The van der Waals surface area contributed by atoms with E-state index in [0.29, 0.717) is 13.1 Å². The van der Waals surface area contributed by atoms with Gasteiger partial charge in [-0.1, -0.05) is 24.3 Å². The number of imidazole rings is 1. The Kier molecular flexibility index (Phi) is 5.40. The summed E-state index contributed by atoms with van der Waals surface area (Å²) < 4.78 is 3.79. The van der Waals surface area contributed by atoms with E-state index in [1.165, 1.54) is 11.1 Å². The van der Waals surface area contributed by atoms with Gasteiger partial charge in [-0.05, 0) is 11.1 Å². The van der Waals surface area contributed by atoms with E-state index in [4.69, 9.17) is 0 Å². The Morgan fingerprint density at radius 2 is 2.04 bits per heavy atom. The topological polar surface area (TPSA) is 84.9 Å². The lowest BCUT2D eigenvalue weighted by atomic mass is 10.1. The van der Waals surface area contributed by atoms with Crippen LogP contribution in [0.25, 0.3) is 0 Å². The zero-order valence-corrected chi connectivity index (χ0v) is 14.4. The second-order valence-electron chi connectivity index (χ2n) is 5.63. The van der Waals surface area contributed by atoms with Gasteiger partial charge in [0.2, 0.25) is 0 Å². The van der Waals surface area contributed by atoms with Crippen LogP contribution in [0.15, 0.2) is 54.3 Å². The largest absolute Gasteiger partial charge is 0.352 e. The van der Waals surface area contributed by atoms with Gasteiger partial charge in [-0.3, -0.25) is 9.67 Å². The van der Waals surface area contributed by atoms with Crippen LogP contribution in [0.3, 0.4) is 0 Å². The van der Waals surface area contributed by atoms with Crippen LogP contribution in [0.1, 0.15) is 17.0 Å². The maximum absolute atomic E-state index is 4.24. The summed E-state index contributed by atoms with van der Waals surface area (Å²) in [6, 6.07) is 8.47. The smallest absolute Gasteiger partial charge is 0.191 e. The lowest BCUT2D eigenvalue weighted by Gasteiger charge is -2.12. The van der Waals surface area contributed by atoms with E-state index in [-0.39, 0.29) is 0 Å². The molecule has 0 spiro atoms. The summed E-state index contributed by atoms with van der Waals surface area (Å²) in [5.74, 6) is 1.58. The summed E-state index contributed by atoms with van der Waals surface area (Å²) in [5, 5.41) is 10.6. The molecule has 2 aromatic heterocycles. The number of nitrogens with one attached hydrogen (secondary N) is 2. The molecule has 0 saturated heterocycles. The molecule has 0 fully saturated rings. The second kappa shape index (κ2) is 8.09. The van der Waals surface area contributed by atoms with Crippen molar-refractivity contribution in [1.29, 1.82) is 0 Å². The van der Waals surface area contributed by atoms with Crippen LogP contribution in [-0.4, -0.2) is 37.3 Å². The Balaban J connectivity index is 1.54. The number of benzene rings is 1. The lowest BCUT2D eigenvalue weighted by Crippen LogP contribution is -2.36. The Morgan fingerprint density at radius 3 is 2.76 bits per heavy atom. The lowest BCUT2D eigenvalue weighted by molar-refractivity contribution is 0.672. The van der Waals surface area contributed by atoms with Gasteiger partial charge in [0.25, 0.3) is 0 Å². The van der Waals surface area contributed by atoms with Gasteiger partial charge in [0, 0.05) is 39.6 Å². The standard InChI is InChI=1S/C17H22N8/c1-18-17(21-10-16-22-12-23-24(16)2)20-9-14-4-3-5-15(8-14)11-25-7-6-19-13-25/h3-8,12-13H,9-11H2,1-2H3,(H2,18,20,21). The molecule has 8 nitrogen and oxygen atoms in total. The monoisotopic (exact) mass is 338 g/mol. The SMILES string of the molecule is CN=C(NCc1cccc(Cn2ccnc2)c1)NCc1ncnn1C. The number of guanidine groups is 1. The molecule has 0 radical (unpaired) electrons. The van der Waals surface area contributed by atoms with E-state index in [1.807, 2.05) is 24.1 Å². The molecule has 0 aliphatic carbocycles. The first-order valence-corrected chi connectivity index (χ1v) is 8.05. The molecule has 0 bridgehead atoms. The number of aromatic nitrogens is 5. The summed E-state index contributed by atoms with van der Waals surface area (Å²) in [6.07, 6.45) is 7.11. The summed E-state index contributed by atoms with van der Waals surface area (Å²) in [4.78, 5) is 12.5. The second-order valence-corrected chi connectivity index (χ2v) is 5.63. The summed E-state index contributed by atoms with van der Waals surface area (Å²) in [5.41, 5.74) is 2.43. The highest BCUT2D eigenvalue weighted by molar-refractivity contribution is 5.79. The number of aliphatic imine (C=N–C) groups is 1. The van der Waals surface area contributed by atoms with Crippen LogP contribution in [0.5, 0.6) is 0 Å². The van der Waals surface area contributed by atoms with Crippen molar-refractivity contribution in [2.24, 2.45) is 12.0 Å². The number of hydrogen-bond donors (Lipinski definition) is 2. The minimum absolute atomic E-state index is 0.566. The molecule has 8 heteroatoms. The molecule has 3 rings (SSSR count). The third kappa shape index (κ3) is 4.66. The molecule has 0 aliphatic heterocycles. The molecule has 0 aliphatic rings. The molecular formula is C17H22N8. The van der Waals surface area contributed by atoms with Gasteiger partial charge >= 0.3 is 0 Å². The van der Waals surface area contributed by atoms with Crippen molar-refractivity contribution in [2.75, 3.05) is 7.05 Å². The normalized spacial score (nSPS) is 11.5. The van der Waals surface area contributed by atoms with Crippen LogP contribution in [0.4, 0.5) is 0 Å². The molecule has 0 unspecified atom stereocenters. The fourth-order valence-corrected chi connectivity index (χ4v) is 2.48. The highest BCUT2D eigenvalue weighted by atomic mass is 15.3. The first-order chi connectivity index (χ1) is 12.2. The van der Waals surface area contributed by atoms with Crippen molar-refractivity contribution >= 4 is 5.96 Å². The predicted molar refractivity (Wildman–Crippen MR) is 95.8 cm³/mol. The average Bonchev–Trinajstić information content (AvgIpc) is 3.27. The van der Waals surface area contributed by atoms with Gasteiger partial charge in [-0.2, -0.15) is 5.10 Å². The van der Waals surface area contributed by atoms with Crippen molar-refractivity contribution in [3.63, 3.8) is 0 Å². The van der Waals surface area contributed by atoms with Crippen molar-refractivity contribution < 1.29 is 0 Å². The maximum Gasteiger partial charge on any atom is 0.191 e. The van der Waals surface area contributed by atoms with Crippen molar-refractivity contribution in [1.82, 2.24) is 34.9 Å². The molecule has 3 aromatic rings. The van der Waals surface area contributed by atoms with E-state index in [2.05, 4.69) is 55.0 Å². The van der Waals surface area contributed by atoms with Crippen LogP contribution in [0.2, 0.25) is 0 Å². The quantitative estimate of drug-likeness (QED) is 0.516. The van der Waals surface area contributed by atoms with E-state index in [1.54, 1.807) is 24.3 Å². The Bertz CT molecular complexity index is 819. The summed E-state index contributed by atoms with van der Waals surface area (Å²) in [6.45, 7) is 2.07. The fourth-order valence-electron chi connectivity index (χ4n) is 2.48. The molecule has 130 valence electrons. The third-order valence-electron chi connectivity index (χ3n) is 3.82. The fraction of sp³-hybridized carbons (Fsp3) is 0.294. The molecule has 0 amide bonds. The predicted octanol–water partition coefficient (Wildman–Crippen LogP) is 0.925. The summed E-state index contributed by atoms with van der Waals surface area (Å²) in [7, 11) is 3.62. The number of hydrogen-bond acceptors (Lipinski definition) is 4. The minimum Gasteiger partial charge on any atom is -0.352 e. The van der Waals surface area contributed by atoms with Crippen molar-refractivity contribution in [2.45, 2.75) is 19.6 Å². The zero-order valence-electron chi connectivity index (χ0n) is 14.4. The Morgan fingerprint density at radius 1 is 1.20 bits per heavy atom. The molecule has 2 N–H and O–H groups in total. The van der Waals surface area contributed by atoms with Gasteiger partial charge in [0.1, 0.15) is 12.2 Å². The zero-order chi connectivity index (χ0) is 17.5. The van der Waals surface area contributed by atoms with Gasteiger partial charge in [0.05, 0.1) is 12.9 Å². The van der Waals surface area contributed by atoms with E-state index in [9.17, 15) is 0 Å². The molecule has 0 atom stereocenters. The highest BCUT2D eigenvalue weighted by Gasteiger charge is 2.03. The van der Waals surface area contributed by atoms with Crippen molar-refractivity contribution in [3.05, 3.63) is 66.3 Å². The van der Waals surface area contributed by atoms with Gasteiger partial charge in [-0.15, -0.1) is 0 Å². The minimum atomic E-state index is 0.566. The Hall–Kier alpha value is -3.16. The molecule has 0 saturated carbocycles. The van der Waals surface area contributed by atoms with Gasteiger partial charge in [-0.25, -0.2) is 9.97 Å². The Labute approximate surface area is 146 Å². The maximum atomic E-state index is 4.24. The van der Waals surface area contributed by atoms with Gasteiger partial charge in [0.15, 0.2) is 5.96 Å². The number of rotatable bonds is 6. The average molecular weight is 338 g/mol. The van der Waals surface area contributed by atoms with Crippen LogP contribution in [-0.2, 0) is 26.7 Å². The van der Waals surface area contributed by atoms with E-state index in [0.717, 1.165) is 18.3 Å². The molecule has 25 heavy (non-hydrogen) atoms. The van der Waals surface area contributed by atoms with Gasteiger partial charge < -0.3 is 15.2 Å². The molecule has 1 aromatic carbocycles. The third-order valence-corrected chi connectivity index (χ3v) is 3.82. The molecule has 2 heterocycles. The highest BCUT2D eigenvalue weighted by Crippen LogP contribution is 2.07. The first-order valence-electron chi connectivity index (χ1n) is 8.05. The number of nitrogens with zero attached hydrogens (tertiary/aromatic N) is 6. The van der Waals surface area contributed by atoms with Crippen LogP contribution >= 0.6 is 0 Å². The first kappa shape index (κ1) is 16.7. The van der Waals surface area contributed by atoms with Crippen LogP contribution < -0.4 is 10.6 Å².